The van der Waals surface area contributed by atoms with Gasteiger partial charge in [-0.05, 0) is 24.1 Å². The maximum Gasteiger partial charge on any atom is 0.210 e. The van der Waals surface area contributed by atoms with Crippen molar-refractivity contribution in [2.75, 3.05) is 0 Å². The van der Waals surface area contributed by atoms with Crippen LogP contribution in [0.4, 0.5) is 0 Å². The van der Waals surface area contributed by atoms with Gasteiger partial charge in [0.1, 0.15) is 5.60 Å². The number of fused-ring (bicyclic) bond motifs is 1. The minimum absolute atomic E-state index is 0.142. The highest BCUT2D eigenvalue weighted by molar-refractivity contribution is 5.43. The first-order valence-corrected chi connectivity index (χ1v) is 6.93. The second-order valence-electron chi connectivity index (χ2n) is 5.44. The molecule has 0 saturated carbocycles. The zero-order valence-electron chi connectivity index (χ0n) is 11.3. The van der Waals surface area contributed by atoms with Crippen molar-refractivity contribution < 1.29 is 9.47 Å². The molecule has 4 rings (SSSR count). The zero-order valence-corrected chi connectivity index (χ0v) is 11.3. The molecule has 2 nitrogen and oxygen atoms in total. The molecule has 0 radical (unpaired) electrons. The molecule has 0 unspecified atom stereocenters. The Kier molecular flexibility index (Phi) is 2.48. The smallest absolute Gasteiger partial charge is 0.210 e. The molecule has 0 aliphatic carbocycles. The molecule has 2 heterocycles. The molecule has 0 aromatic heterocycles. The summed E-state index contributed by atoms with van der Waals surface area (Å²) in [5, 5.41) is 0. The normalized spacial score (nSPS) is 30.4. The van der Waals surface area contributed by atoms with E-state index in [2.05, 4.69) is 61.5 Å². The highest BCUT2D eigenvalue weighted by Gasteiger charge is 2.59. The zero-order chi connectivity index (χ0) is 13.6. The average Bonchev–Trinajstić information content (AvgIpc) is 2.85. The largest absolute Gasteiger partial charge is 0.472 e. The summed E-state index contributed by atoms with van der Waals surface area (Å²) in [7, 11) is 0. The van der Waals surface area contributed by atoms with Gasteiger partial charge in [-0.3, -0.25) is 0 Å². The first-order chi connectivity index (χ1) is 9.80. The first kappa shape index (κ1) is 11.7. The summed E-state index contributed by atoms with van der Waals surface area (Å²) in [4.78, 5) is 0. The molecule has 3 atom stereocenters. The third-order valence-electron chi connectivity index (χ3n) is 4.25. The molecule has 20 heavy (non-hydrogen) atoms. The van der Waals surface area contributed by atoms with Crippen LogP contribution in [0.3, 0.4) is 0 Å². The second kappa shape index (κ2) is 4.22. The molecule has 1 fully saturated rings. The van der Waals surface area contributed by atoms with E-state index in [1.807, 2.05) is 6.07 Å². The minimum Gasteiger partial charge on any atom is -0.472 e. The second-order valence-corrected chi connectivity index (χ2v) is 5.44. The van der Waals surface area contributed by atoms with Crippen LogP contribution in [0.5, 0.6) is 0 Å². The van der Waals surface area contributed by atoms with Gasteiger partial charge < -0.3 is 9.47 Å². The van der Waals surface area contributed by atoms with Crippen molar-refractivity contribution in [1.82, 2.24) is 0 Å². The van der Waals surface area contributed by atoms with Crippen LogP contribution in [0.25, 0.3) is 0 Å². The number of ether oxygens (including phenoxy) is 2. The SMILES string of the molecule is Cc1ccc([C@]2(c3ccccc3)O[C@H]3OC=C[C@@H]32)cc1. The molecule has 0 N–H and O–H groups in total. The number of hydrogen-bond donors (Lipinski definition) is 0. The van der Waals surface area contributed by atoms with Gasteiger partial charge >= 0.3 is 0 Å². The standard InChI is InChI=1S/C18H16O2/c1-13-7-9-15(10-8-13)18(14-5-3-2-4-6-14)16-11-12-19-17(16)20-18/h2-12,16-17H,1H3/t16-,17+,18-/m0/s1. The average molecular weight is 264 g/mol. The number of rotatable bonds is 2. The maximum absolute atomic E-state index is 6.18. The molecule has 2 aromatic carbocycles. The molecular weight excluding hydrogens is 248 g/mol. The van der Waals surface area contributed by atoms with Gasteiger partial charge in [-0.15, -0.1) is 0 Å². The van der Waals surface area contributed by atoms with Crippen LogP contribution in [0.15, 0.2) is 66.9 Å². The fraction of sp³-hybridized carbons (Fsp3) is 0.222. The molecule has 0 spiro atoms. The van der Waals surface area contributed by atoms with Crippen LogP contribution < -0.4 is 0 Å². The van der Waals surface area contributed by atoms with E-state index in [4.69, 9.17) is 9.47 Å². The van der Waals surface area contributed by atoms with Crippen LogP contribution in [-0.2, 0) is 15.1 Å². The van der Waals surface area contributed by atoms with Crippen LogP contribution in [-0.4, -0.2) is 6.29 Å². The Morgan fingerprint density at radius 2 is 1.60 bits per heavy atom. The lowest BCUT2D eigenvalue weighted by atomic mass is 9.71. The summed E-state index contributed by atoms with van der Waals surface area (Å²) >= 11 is 0. The van der Waals surface area contributed by atoms with Crippen molar-refractivity contribution in [3.8, 4) is 0 Å². The Morgan fingerprint density at radius 3 is 2.30 bits per heavy atom. The Labute approximate surface area is 118 Å². The minimum atomic E-state index is -0.410. The van der Waals surface area contributed by atoms with E-state index in [1.165, 1.54) is 16.7 Å². The summed E-state index contributed by atoms with van der Waals surface area (Å²) in [6.07, 6.45) is 3.73. The lowest BCUT2D eigenvalue weighted by Gasteiger charge is -2.51. The molecular formula is C18H16O2. The third kappa shape index (κ3) is 1.49. The molecule has 0 bridgehead atoms. The van der Waals surface area contributed by atoms with Gasteiger partial charge in [0.05, 0.1) is 12.2 Å². The van der Waals surface area contributed by atoms with Crippen molar-refractivity contribution in [3.63, 3.8) is 0 Å². The predicted octanol–water partition coefficient (Wildman–Crippen LogP) is 3.76. The van der Waals surface area contributed by atoms with Gasteiger partial charge in [-0.2, -0.15) is 0 Å². The van der Waals surface area contributed by atoms with Crippen LogP contribution in [0.2, 0.25) is 0 Å². The number of hydrogen-bond acceptors (Lipinski definition) is 2. The van der Waals surface area contributed by atoms with Gasteiger partial charge in [0.25, 0.3) is 0 Å². The number of benzene rings is 2. The van der Waals surface area contributed by atoms with Crippen molar-refractivity contribution in [2.24, 2.45) is 5.92 Å². The van der Waals surface area contributed by atoms with Gasteiger partial charge in [0, 0.05) is 0 Å². The highest BCUT2D eigenvalue weighted by atomic mass is 16.7. The fourth-order valence-electron chi connectivity index (χ4n) is 3.18. The fourth-order valence-corrected chi connectivity index (χ4v) is 3.18. The Morgan fingerprint density at radius 1 is 0.900 bits per heavy atom. The van der Waals surface area contributed by atoms with Gasteiger partial charge in [-0.1, -0.05) is 60.2 Å². The summed E-state index contributed by atoms with van der Waals surface area (Å²) in [6.45, 7) is 2.10. The van der Waals surface area contributed by atoms with Gasteiger partial charge in [0.15, 0.2) is 0 Å². The Balaban J connectivity index is 1.86. The molecule has 2 aliphatic heterocycles. The lowest BCUT2D eigenvalue weighted by Crippen LogP contribution is -2.56. The monoisotopic (exact) mass is 264 g/mol. The molecule has 2 heteroatoms. The molecule has 2 aromatic rings. The summed E-state index contributed by atoms with van der Waals surface area (Å²) in [5.41, 5.74) is 3.21. The molecule has 100 valence electrons. The Hall–Kier alpha value is -2.06. The quantitative estimate of drug-likeness (QED) is 0.822. The summed E-state index contributed by atoms with van der Waals surface area (Å²) < 4.78 is 11.6. The molecule has 1 saturated heterocycles. The van der Waals surface area contributed by atoms with E-state index < -0.39 is 5.60 Å². The molecule has 0 amide bonds. The van der Waals surface area contributed by atoms with Gasteiger partial charge in [0.2, 0.25) is 6.29 Å². The predicted molar refractivity (Wildman–Crippen MR) is 77.0 cm³/mol. The molecule has 2 aliphatic rings. The summed E-state index contributed by atoms with van der Waals surface area (Å²) in [5.74, 6) is 0.243. The topological polar surface area (TPSA) is 18.5 Å². The van der Waals surface area contributed by atoms with E-state index in [9.17, 15) is 0 Å². The lowest BCUT2D eigenvalue weighted by molar-refractivity contribution is -0.302. The van der Waals surface area contributed by atoms with E-state index in [-0.39, 0.29) is 12.2 Å². The van der Waals surface area contributed by atoms with Gasteiger partial charge in [-0.25, -0.2) is 0 Å². The van der Waals surface area contributed by atoms with E-state index in [1.54, 1.807) is 6.26 Å². The number of aryl methyl sites for hydroxylation is 1. The van der Waals surface area contributed by atoms with E-state index in [0.717, 1.165) is 0 Å². The summed E-state index contributed by atoms with van der Waals surface area (Å²) in [6, 6.07) is 19.0. The van der Waals surface area contributed by atoms with Crippen molar-refractivity contribution in [2.45, 2.75) is 18.8 Å². The van der Waals surface area contributed by atoms with Crippen LogP contribution >= 0.6 is 0 Å². The first-order valence-electron chi connectivity index (χ1n) is 6.93. The van der Waals surface area contributed by atoms with Crippen molar-refractivity contribution in [3.05, 3.63) is 83.6 Å². The maximum atomic E-state index is 6.18. The van der Waals surface area contributed by atoms with Crippen LogP contribution in [0.1, 0.15) is 16.7 Å². The van der Waals surface area contributed by atoms with E-state index >= 15 is 0 Å². The third-order valence-corrected chi connectivity index (χ3v) is 4.25. The Bertz CT molecular complexity index is 645. The van der Waals surface area contributed by atoms with Crippen molar-refractivity contribution >= 4 is 0 Å². The van der Waals surface area contributed by atoms with E-state index in [0.29, 0.717) is 0 Å². The highest BCUT2D eigenvalue weighted by Crippen LogP contribution is 2.54. The van der Waals surface area contributed by atoms with Crippen molar-refractivity contribution in [1.29, 1.82) is 0 Å². The van der Waals surface area contributed by atoms with Crippen LogP contribution in [0, 0.1) is 12.8 Å².